The molecule has 1 N–H and O–H groups in total. The van der Waals surface area contributed by atoms with E-state index < -0.39 is 0 Å². The Morgan fingerprint density at radius 1 is 1.40 bits per heavy atom. The van der Waals surface area contributed by atoms with E-state index in [1.807, 2.05) is 18.2 Å². The summed E-state index contributed by atoms with van der Waals surface area (Å²) in [5.74, 6) is 2.57. The molecular formula is C13H17NO. The molecule has 2 heteroatoms. The average molecular weight is 203 g/mol. The lowest BCUT2D eigenvalue weighted by Gasteiger charge is -2.08. The van der Waals surface area contributed by atoms with E-state index in [2.05, 4.69) is 10.9 Å². The van der Waals surface area contributed by atoms with Crippen LogP contribution >= 0.6 is 0 Å². The summed E-state index contributed by atoms with van der Waals surface area (Å²) in [6.45, 7) is 0. The van der Waals surface area contributed by atoms with Crippen molar-refractivity contribution in [1.29, 1.82) is 0 Å². The highest BCUT2D eigenvalue weighted by Crippen LogP contribution is 2.07. The smallest absolute Gasteiger partial charge is 0.0544 e. The van der Waals surface area contributed by atoms with Gasteiger partial charge < -0.3 is 5.11 Å². The normalized spacial score (nSPS) is 12.0. The van der Waals surface area contributed by atoms with Crippen LogP contribution in [0.5, 0.6) is 0 Å². The number of aromatic nitrogens is 1. The first-order valence-electron chi connectivity index (χ1n) is 5.34. The Morgan fingerprint density at radius 2 is 2.27 bits per heavy atom. The fraction of sp³-hybridized carbons (Fsp3) is 0.462. The van der Waals surface area contributed by atoms with Gasteiger partial charge in [0, 0.05) is 18.3 Å². The van der Waals surface area contributed by atoms with E-state index in [1.165, 1.54) is 0 Å². The highest BCUT2D eigenvalue weighted by molar-refractivity contribution is 5.03. The Hall–Kier alpha value is -1.33. The maximum atomic E-state index is 9.64. The molecule has 1 aromatic rings. The Balaban J connectivity index is 2.17. The van der Waals surface area contributed by atoms with Crippen molar-refractivity contribution < 1.29 is 5.11 Å². The van der Waals surface area contributed by atoms with Gasteiger partial charge in [-0.1, -0.05) is 6.07 Å². The second-order valence-electron chi connectivity index (χ2n) is 3.61. The number of pyridine rings is 1. The van der Waals surface area contributed by atoms with Gasteiger partial charge in [-0.3, -0.25) is 4.98 Å². The quantitative estimate of drug-likeness (QED) is 0.568. The van der Waals surface area contributed by atoms with Gasteiger partial charge in [0.2, 0.25) is 0 Å². The molecule has 1 rings (SSSR count). The molecule has 0 bridgehead atoms. The minimum atomic E-state index is -0.250. The third kappa shape index (κ3) is 5.19. The minimum Gasteiger partial charge on any atom is -0.393 e. The van der Waals surface area contributed by atoms with Crippen molar-refractivity contribution in [1.82, 2.24) is 4.98 Å². The number of unbranched alkanes of at least 4 members (excludes halogenated alkanes) is 1. The second-order valence-corrected chi connectivity index (χ2v) is 3.61. The SMILES string of the molecule is C#CCCCC(O)CCc1ccccn1. The van der Waals surface area contributed by atoms with Crippen LogP contribution in [-0.2, 0) is 6.42 Å². The molecule has 15 heavy (non-hydrogen) atoms. The predicted molar refractivity (Wildman–Crippen MR) is 61.2 cm³/mol. The van der Waals surface area contributed by atoms with Crippen molar-refractivity contribution in [2.24, 2.45) is 0 Å². The monoisotopic (exact) mass is 203 g/mol. The molecule has 0 aromatic carbocycles. The Labute approximate surface area is 91.4 Å². The van der Waals surface area contributed by atoms with Crippen molar-refractivity contribution >= 4 is 0 Å². The van der Waals surface area contributed by atoms with Gasteiger partial charge in [0.15, 0.2) is 0 Å². The van der Waals surface area contributed by atoms with Crippen molar-refractivity contribution in [2.75, 3.05) is 0 Å². The van der Waals surface area contributed by atoms with Crippen LogP contribution in [0.2, 0.25) is 0 Å². The summed E-state index contributed by atoms with van der Waals surface area (Å²) in [4.78, 5) is 4.20. The maximum absolute atomic E-state index is 9.64. The van der Waals surface area contributed by atoms with Gasteiger partial charge in [-0.05, 0) is 37.8 Å². The van der Waals surface area contributed by atoms with Crippen LogP contribution in [0.25, 0.3) is 0 Å². The number of terminal acetylenes is 1. The topological polar surface area (TPSA) is 33.1 Å². The fourth-order valence-electron chi connectivity index (χ4n) is 1.44. The molecular weight excluding hydrogens is 186 g/mol. The highest BCUT2D eigenvalue weighted by atomic mass is 16.3. The number of hydrogen-bond donors (Lipinski definition) is 1. The molecule has 0 aliphatic carbocycles. The standard InChI is InChI=1S/C13H17NO/c1-2-3-4-8-13(15)10-9-12-7-5-6-11-14-12/h1,5-7,11,13,15H,3-4,8-10H2. The molecule has 1 aromatic heterocycles. The van der Waals surface area contributed by atoms with E-state index in [1.54, 1.807) is 6.20 Å². The van der Waals surface area contributed by atoms with Gasteiger partial charge in [-0.25, -0.2) is 0 Å². The van der Waals surface area contributed by atoms with Gasteiger partial charge >= 0.3 is 0 Å². The summed E-state index contributed by atoms with van der Waals surface area (Å²) >= 11 is 0. The van der Waals surface area contributed by atoms with E-state index in [0.717, 1.165) is 37.8 Å². The highest BCUT2D eigenvalue weighted by Gasteiger charge is 2.04. The number of aryl methyl sites for hydroxylation is 1. The van der Waals surface area contributed by atoms with Gasteiger partial charge in [0.25, 0.3) is 0 Å². The van der Waals surface area contributed by atoms with Crippen LogP contribution < -0.4 is 0 Å². The van der Waals surface area contributed by atoms with Gasteiger partial charge in [0.05, 0.1) is 6.10 Å². The number of nitrogens with zero attached hydrogens (tertiary/aromatic N) is 1. The largest absolute Gasteiger partial charge is 0.393 e. The molecule has 1 heterocycles. The predicted octanol–water partition coefficient (Wildman–Crippen LogP) is 2.18. The van der Waals surface area contributed by atoms with Crippen molar-refractivity contribution in [3.05, 3.63) is 30.1 Å². The van der Waals surface area contributed by atoms with E-state index in [-0.39, 0.29) is 6.10 Å². The third-order valence-corrected chi connectivity index (χ3v) is 2.32. The van der Waals surface area contributed by atoms with Crippen LogP contribution in [0, 0.1) is 12.3 Å². The van der Waals surface area contributed by atoms with Crippen LogP contribution in [0.4, 0.5) is 0 Å². The Kier molecular flexibility index (Phi) is 5.50. The molecule has 0 amide bonds. The average Bonchev–Trinajstić information content (AvgIpc) is 2.28. The molecule has 80 valence electrons. The number of aliphatic hydroxyl groups excluding tert-OH is 1. The summed E-state index contributed by atoms with van der Waals surface area (Å²) in [6.07, 6.45) is 10.7. The maximum Gasteiger partial charge on any atom is 0.0544 e. The molecule has 0 fully saturated rings. The van der Waals surface area contributed by atoms with Crippen LogP contribution in [0.15, 0.2) is 24.4 Å². The number of rotatable bonds is 6. The summed E-state index contributed by atoms with van der Waals surface area (Å²) in [6, 6.07) is 5.84. The molecule has 0 saturated heterocycles. The zero-order chi connectivity index (χ0) is 10.9. The lowest BCUT2D eigenvalue weighted by atomic mass is 10.1. The second kappa shape index (κ2) is 7.03. The van der Waals surface area contributed by atoms with Crippen LogP contribution in [0.3, 0.4) is 0 Å². The molecule has 0 aliphatic rings. The fourth-order valence-corrected chi connectivity index (χ4v) is 1.44. The molecule has 1 unspecified atom stereocenters. The summed E-state index contributed by atoms with van der Waals surface area (Å²) in [5, 5.41) is 9.64. The lowest BCUT2D eigenvalue weighted by Crippen LogP contribution is -2.08. The zero-order valence-electron chi connectivity index (χ0n) is 8.89. The molecule has 1 atom stereocenters. The molecule has 0 saturated carbocycles. The first kappa shape index (κ1) is 11.7. The first-order valence-corrected chi connectivity index (χ1v) is 5.34. The molecule has 0 radical (unpaired) electrons. The number of hydrogen-bond acceptors (Lipinski definition) is 2. The number of aliphatic hydroxyl groups is 1. The van der Waals surface area contributed by atoms with Gasteiger partial charge in [-0.2, -0.15) is 0 Å². The van der Waals surface area contributed by atoms with Crippen molar-refractivity contribution in [3.8, 4) is 12.3 Å². The van der Waals surface area contributed by atoms with E-state index >= 15 is 0 Å². The van der Waals surface area contributed by atoms with E-state index in [4.69, 9.17) is 6.42 Å². The summed E-state index contributed by atoms with van der Waals surface area (Å²) < 4.78 is 0. The Morgan fingerprint density at radius 3 is 2.93 bits per heavy atom. The van der Waals surface area contributed by atoms with E-state index in [0.29, 0.717) is 0 Å². The third-order valence-electron chi connectivity index (χ3n) is 2.32. The summed E-state index contributed by atoms with van der Waals surface area (Å²) in [5.41, 5.74) is 1.04. The van der Waals surface area contributed by atoms with Gasteiger partial charge in [0.1, 0.15) is 0 Å². The summed E-state index contributed by atoms with van der Waals surface area (Å²) in [7, 11) is 0. The molecule has 0 spiro atoms. The Bertz CT molecular complexity index is 302. The van der Waals surface area contributed by atoms with Crippen molar-refractivity contribution in [3.63, 3.8) is 0 Å². The van der Waals surface area contributed by atoms with Gasteiger partial charge in [-0.15, -0.1) is 12.3 Å². The van der Waals surface area contributed by atoms with E-state index in [9.17, 15) is 5.11 Å². The minimum absolute atomic E-state index is 0.250. The molecule has 2 nitrogen and oxygen atoms in total. The molecule has 0 aliphatic heterocycles. The van der Waals surface area contributed by atoms with Crippen LogP contribution in [0.1, 0.15) is 31.4 Å². The zero-order valence-corrected chi connectivity index (χ0v) is 8.89. The lowest BCUT2D eigenvalue weighted by molar-refractivity contribution is 0.152. The van der Waals surface area contributed by atoms with Crippen molar-refractivity contribution in [2.45, 2.75) is 38.2 Å². The first-order chi connectivity index (χ1) is 7.33. The van der Waals surface area contributed by atoms with Crippen LogP contribution in [-0.4, -0.2) is 16.2 Å².